The Morgan fingerprint density at radius 3 is 2.31 bits per heavy atom. The fraction of sp³-hybridized carbons (Fsp3) is 0.750. The molecule has 1 aliphatic rings. The molecule has 5 N–H and O–H groups in total. The summed E-state index contributed by atoms with van der Waals surface area (Å²) < 4.78 is 0. The lowest BCUT2D eigenvalue weighted by atomic mass is 9.86. The van der Waals surface area contributed by atoms with Gasteiger partial charge in [0.1, 0.15) is 5.84 Å². The van der Waals surface area contributed by atoms with E-state index in [1.807, 2.05) is 0 Å². The van der Waals surface area contributed by atoms with Crippen LogP contribution in [0.2, 0.25) is 0 Å². The second kappa shape index (κ2) is 4.23. The van der Waals surface area contributed by atoms with Crippen molar-refractivity contribution in [1.29, 1.82) is 0 Å². The molecule has 0 radical (unpaired) electrons. The molecule has 0 saturated heterocycles. The summed E-state index contributed by atoms with van der Waals surface area (Å²) in [6, 6.07) is 0.244. The van der Waals surface area contributed by atoms with E-state index < -0.39 is 6.09 Å². The second-order valence-corrected chi connectivity index (χ2v) is 3.43. The Morgan fingerprint density at radius 2 is 1.85 bits per heavy atom. The van der Waals surface area contributed by atoms with Crippen LogP contribution >= 0.6 is 0 Å². The second-order valence-electron chi connectivity index (χ2n) is 3.43. The molecule has 0 spiro atoms. The molecule has 0 aromatic rings. The van der Waals surface area contributed by atoms with Crippen LogP contribution in [0.3, 0.4) is 0 Å². The number of amides is 1. The topological polar surface area (TPSA) is 102 Å². The highest BCUT2D eigenvalue weighted by Gasteiger charge is 2.21. The van der Waals surface area contributed by atoms with Crippen LogP contribution in [0, 0.1) is 5.92 Å². The van der Waals surface area contributed by atoms with Gasteiger partial charge in [0.15, 0.2) is 0 Å². The maximum atomic E-state index is 10.2. The molecule has 1 fully saturated rings. The van der Waals surface area contributed by atoms with Crippen LogP contribution in [0.15, 0.2) is 4.99 Å². The summed E-state index contributed by atoms with van der Waals surface area (Å²) in [6.45, 7) is 0. The first-order valence-electron chi connectivity index (χ1n) is 4.42. The summed E-state index contributed by atoms with van der Waals surface area (Å²) in [5.41, 5.74) is 11.2. The highest BCUT2D eigenvalue weighted by molar-refractivity contribution is 5.91. The lowest BCUT2D eigenvalue weighted by molar-refractivity contribution is 0.205. The molecule has 0 aromatic carbocycles. The maximum Gasteiger partial charge on any atom is 0.432 e. The van der Waals surface area contributed by atoms with Gasteiger partial charge in [0.25, 0.3) is 0 Å². The molecule has 1 rings (SSSR count). The van der Waals surface area contributed by atoms with Gasteiger partial charge < -0.3 is 16.6 Å². The molecule has 13 heavy (non-hydrogen) atoms. The van der Waals surface area contributed by atoms with Crippen LogP contribution in [-0.2, 0) is 0 Å². The zero-order chi connectivity index (χ0) is 9.84. The van der Waals surface area contributed by atoms with Gasteiger partial charge in [-0.1, -0.05) is 0 Å². The highest BCUT2D eigenvalue weighted by atomic mass is 16.4. The summed E-state index contributed by atoms with van der Waals surface area (Å²) in [6.07, 6.45) is 2.29. The van der Waals surface area contributed by atoms with Crippen molar-refractivity contribution in [3.63, 3.8) is 0 Å². The summed E-state index contributed by atoms with van der Waals surface area (Å²) in [5.74, 6) is 0.343. The predicted octanol–water partition coefficient (Wildman–Crippen LogP) is 0.539. The minimum absolute atomic E-state index is 0.107. The molecule has 0 aliphatic heterocycles. The van der Waals surface area contributed by atoms with E-state index in [0.717, 1.165) is 25.7 Å². The number of aliphatic imine (C=N–C) groups is 1. The SMILES string of the molecule is NC(=NC(=O)O)C1CCC(N)CC1. The van der Waals surface area contributed by atoms with E-state index in [1.54, 1.807) is 0 Å². The molecule has 0 bridgehead atoms. The van der Waals surface area contributed by atoms with Gasteiger partial charge in [-0.15, -0.1) is 0 Å². The van der Waals surface area contributed by atoms with Crippen LogP contribution in [0.4, 0.5) is 4.79 Å². The summed E-state index contributed by atoms with van der Waals surface area (Å²) in [7, 11) is 0. The lowest BCUT2D eigenvalue weighted by Gasteiger charge is -2.25. The van der Waals surface area contributed by atoms with Gasteiger partial charge in [-0.05, 0) is 25.7 Å². The van der Waals surface area contributed by atoms with Crippen LogP contribution in [0.5, 0.6) is 0 Å². The number of amidine groups is 1. The first kappa shape index (κ1) is 9.98. The molecule has 5 heteroatoms. The summed E-state index contributed by atoms with van der Waals surface area (Å²) in [4.78, 5) is 13.5. The van der Waals surface area contributed by atoms with Crippen molar-refractivity contribution in [1.82, 2.24) is 0 Å². The molecule has 0 unspecified atom stereocenters. The van der Waals surface area contributed by atoms with Crippen LogP contribution in [0.25, 0.3) is 0 Å². The van der Waals surface area contributed by atoms with Gasteiger partial charge in [-0.3, -0.25) is 0 Å². The van der Waals surface area contributed by atoms with E-state index in [9.17, 15) is 4.79 Å². The molecular weight excluding hydrogens is 170 g/mol. The van der Waals surface area contributed by atoms with Crippen molar-refractivity contribution in [2.45, 2.75) is 31.7 Å². The Hall–Kier alpha value is -1.10. The first-order chi connectivity index (χ1) is 6.09. The lowest BCUT2D eigenvalue weighted by Crippen LogP contribution is -2.33. The van der Waals surface area contributed by atoms with E-state index in [0.29, 0.717) is 0 Å². The highest BCUT2D eigenvalue weighted by Crippen LogP contribution is 2.23. The molecule has 74 valence electrons. The van der Waals surface area contributed by atoms with Crippen molar-refractivity contribution in [2.75, 3.05) is 0 Å². The van der Waals surface area contributed by atoms with E-state index >= 15 is 0 Å². The number of hydrogen-bond donors (Lipinski definition) is 3. The number of rotatable bonds is 1. The minimum Gasteiger partial charge on any atom is -0.463 e. The maximum absolute atomic E-state index is 10.2. The van der Waals surface area contributed by atoms with Crippen molar-refractivity contribution in [3.8, 4) is 0 Å². The molecule has 1 amide bonds. The Bertz CT molecular complexity index is 219. The standard InChI is InChI=1S/C8H15N3O2/c9-6-3-1-5(2-4-6)7(10)11-8(12)13/h5-6H,1-4,9H2,(H2,10,11)(H,12,13). The monoisotopic (exact) mass is 185 g/mol. The number of hydrogen-bond acceptors (Lipinski definition) is 2. The average molecular weight is 185 g/mol. The van der Waals surface area contributed by atoms with Gasteiger partial charge in [0.05, 0.1) is 0 Å². The van der Waals surface area contributed by atoms with Crippen molar-refractivity contribution >= 4 is 11.9 Å². The van der Waals surface area contributed by atoms with E-state index in [-0.39, 0.29) is 17.8 Å². The van der Waals surface area contributed by atoms with Crippen molar-refractivity contribution in [3.05, 3.63) is 0 Å². The van der Waals surface area contributed by atoms with Gasteiger partial charge in [0, 0.05) is 12.0 Å². The molecule has 0 aromatic heterocycles. The van der Waals surface area contributed by atoms with Gasteiger partial charge in [-0.25, -0.2) is 4.79 Å². The number of nitrogens with zero attached hydrogens (tertiary/aromatic N) is 1. The predicted molar refractivity (Wildman–Crippen MR) is 49.6 cm³/mol. The number of carbonyl (C=O) groups is 1. The zero-order valence-electron chi connectivity index (χ0n) is 7.44. The largest absolute Gasteiger partial charge is 0.463 e. The van der Waals surface area contributed by atoms with E-state index in [1.165, 1.54) is 0 Å². The molecule has 1 aliphatic carbocycles. The molecule has 0 heterocycles. The molecule has 0 atom stereocenters. The fourth-order valence-corrected chi connectivity index (χ4v) is 1.62. The summed E-state index contributed by atoms with van der Waals surface area (Å²) >= 11 is 0. The van der Waals surface area contributed by atoms with Crippen molar-refractivity contribution in [2.24, 2.45) is 22.4 Å². The first-order valence-corrected chi connectivity index (χ1v) is 4.42. The van der Waals surface area contributed by atoms with Gasteiger partial charge in [-0.2, -0.15) is 4.99 Å². The van der Waals surface area contributed by atoms with Crippen molar-refractivity contribution < 1.29 is 9.90 Å². The quantitative estimate of drug-likeness (QED) is 0.410. The Morgan fingerprint density at radius 1 is 1.31 bits per heavy atom. The van der Waals surface area contributed by atoms with Crippen LogP contribution in [-0.4, -0.2) is 23.1 Å². The molecule has 1 saturated carbocycles. The third kappa shape index (κ3) is 3.02. The molecular formula is C8H15N3O2. The Balaban J connectivity index is 2.49. The van der Waals surface area contributed by atoms with Gasteiger partial charge in [0.2, 0.25) is 0 Å². The summed E-state index contributed by atoms with van der Waals surface area (Å²) in [5, 5.41) is 8.37. The van der Waals surface area contributed by atoms with Crippen LogP contribution < -0.4 is 11.5 Å². The average Bonchev–Trinajstić information content (AvgIpc) is 2.04. The molecule has 5 nitrogen and oxygen atoms in total. The Kier molecular flexibility index (Phi) is 3.25. The number of carboxylic acid groups (broad SMARTS) is 1. The van der Waals surface area contributed by atoms with E-state index in [4.69, 9.17) is 16.6 Å². The van der Waals surface area contributed by atoms with Gasteiger partial charge >= 0.3 is 6.09 Å². The third-order valence-electron chi connectivity index (χ3n) is 2.41. The van der Waals surface area contributed by atoms with E-state index in [2.05, 4.69) is 4.99 Å². The minimum atomic E-state index is -1.22. The number of nitrogens with two attached hydrogens (primary N) is 2. The fourth-order valence-electron chi connectivity index (χ4n) is 1.62. The Labute approximate surface area is 76.8 Å². The third-order valence-corrected chi connectivity index (χ3v) is 2.41. The van der Waals surface area contributed by atoms with Crippen LogP contribution in [0.1, 0.15) is 25.7 Å². The normalized spacial score (nSPS) is 30.1. The smallest absolute Gasteiger partial charge is 0.432 e. The zero-order valence-corrected chi connectivity index (χ0v) is 7.44.